The lowest BCUT2D eigenvalue weighted by Crippen LogP contribution is -2.19. The Kier molecular flexibility index (Phi) is 5.03. The van der Waals surface area contributed by atoms with Gasteiger partial charge >= 0.3 is 0 Å². The average molecular weight is 393 g/mol. The van der Waals surface area contributed by atoms with Crippen molar-refractivity contribution >= 4 is 16.9 Å². The van der Waals surface area contributed by atoms with Crippen molar-refractivity contribution in [2.75, 3.05) is 14.2 Å². The largest absolute Gasteiger partial charge is 0.493 e. The Morgan fingerprint density at radius 3 is 2.66 bits per heavy atom. The topological polar surface area (TPSA) is 77.1 Å². The highest BCUT2D eigenvalue weighted by Crippen LogP contribution is 2.39. The maximum atomic E-state index is 13.0. The molecule has 0 atom stereocenters. The van der Waals surface area contributed by atoms with Crippen LogP contribution in [0.2, 0.25) is 0 Å². The lowest BCUT2D eigenvalue weighted by Gasteiger charge is -2.26. The van der Waals surface area contributed by atoms with Crippen LogP contribution in [0.15, 0.2) is 30.6 Å². The van der Waals surface area contributed by atoms with Crippen molar-refractivity contribution < 1.29 is 14.3 Å². The van der Waals surface area contributed by atoms with E-state index in [1.807, 2.05) is 24.4 Å². The van der Waals surface area contributed by atoms with E-state index in [2.05, 4.69) is 23.8 Å². The van der Waals surface area contributed by atoms with E-state index in [9.17, 15) is 4.79 Å². The van der Waals surface area contributed by atoms with E-state index in [1.165, 1.54) is 0 Å². The number of fused-ring (bicyclic) bond motifs is 1. The number of rotatable bonds is 8. The summed E-state index contributed by atoms with van der Waals surface area (Å²) >= 11 is 0. The number of nitrogens with one attached hydrogen (secondary N) is 1. The minimum atomic E-state index is -0.188. The molecule has 1 N–H and O–H groups in total. The van der Waals surface area contributed by atoms with Crippen LogP contribution in [-0.2, 0) is 5.41 Å². The molecule has 0 radical (unpaired) electrons. The van der Waals surface area contributed by atoms with E-state index in [0.29, 0.717) is 47.0 Å². The molecule has 1 aromatic carbocycles. The molecule has 1 saturated carbocycles. The summed E-state index contributed by atoms with van der Waals surface area (Å²) in [6.45, 7) is 4.28. The van der Waals surface area contributed by atoms with Gasteiger partial charge in [-0.1, -0.05) is 19.9 Å². The molecule has 0 saturated heterocycles. The molecule has 3 aromatic rings. The first-order chi connectivity index (χ1) is 13.9. The smallest absolute Gasteiger partial charge is 0.166 e. The second kappa shape index (κ2) is 7.50. The van der Waals surface area contributed by atoms with Crippen molar-refractivity contribution in [3.05, 3.63) is 47.4 Å². The Morgan fingerprint density at radius 2 is 1.97 bits per heavy atom. The third-order valence-electron chi connectivity index (χ3n) is 5.84. The Labute approximate surface area is 170 Å². The first-order valence-electron chi connectivity index (χ1n) is 10.0. The van der Waals surface area contributed by atoms with Crippen molar-refractivity contribution in [2.45, 2.75) is 50.9 Å². The summed E-state index contributed by atoms with van der Waals surface area (Å²) in [5.41, 5.74) is 3.93. The van der Waals surface area contributed by atoms with Crippen molar-refractivity contribution in [3.8, 4) is 11.5 Å². The van der Waals surface area contributed by atoms with Crippen LogP contribution in [0, 0.1) is 0 Å². The number of nitrogens with zero attached hydrogens (tertiary/aromatic N) is 2. The van der Waals surface area contributed by atoms with E-state index in [-0.39, 0.29) is 11.2 Å². The first kappa shape index (κ1) is 19.4. The Hall–Kier alpha value is -2.89. The van der Waals surface area contributed by atoms with Gasteiger partial charge in [0.05, 0.1) is 31.7 Å². The number of Topliss-reactive ketones (excluding diaryl/α,β-unsaturated/α-hetero) is 1. The fourth-order valence-corrected chi connectivity index (χ4v) is 3.66. The van der Waals surface area contributed by atoms with Gasteiger partial charge in [0.25, 0.3) is 0 Å². The molecule has 152 valence electrons. The highest BCUT2D eigenvalue weighted by molar-refractivity contribution is 6.05. The molecular formula is C23H27N3O3. The van der Waals surface area contributed by atoms with Gasteiger partial charge in [0.2, 0.25) is 0 Å². The summed E-state index contributed by atoms with van der Waals surface area (Å²) in [7, 11) is 3.26. The lowest BCUT2D eigenvalue weighted by atomic mass is 9.79. The normalized spacial score (nSPS) is 14.2. The second-order valence-corrected chi connectivity index (χ2v) is 8.35. The summed E-state index contributed by atoms with van der Waals surface area (Å²) in [6.07, 6.45) is 7.03. The zero-order valence-corrected chi connectivity index (χ0v) is 17.4. The summed E-state index contributed by atoms with van der Waals surface area (Å²) in [5.74, 6) is 2.00. The van der Waals surface area contributed by atoms with Crippen LogP contribution in [0.4, 0.5) is 0 Å². The van der Waals surface area contributed by atoms with Crippen molar-refractivity contribution in [1.29, 1.82) is 0 Å². The summed E-state index contributed by atoms with van der Waals surface area (Å²) in [6, 6.07) is 5.93. The van der Waals surface area contributed by atoms with Gasteiger partial charge in [0, 0.05) is 18.5 Å². The number of H-pyrrole nitrogens is 1. The molecule has 1 aliphatic rings. The SMILES string of the molecule is COc1ccc(C(C)(C)CCC(=O)c2c[nH]c3ncc(C4CC4)nc23)cc1OC. The summed E-state index contributed by atoms with van der Waals surface area (Å²) in [4.78, 5) is 25.2. The van der Waals surface area contributed by atoms with E-state index in [4.69, 9.17) is 14.5 Å². The fourth-order valence-electron chi connectivity index (χ4n) is 3.66. The van der Waals surface area contributed by atoms with Gasteiger partial charge in [0.15, 0.2) is 22.9 Å². The number of carbonyl (C=O) groups excluding carboxylic acids is 1. The minimum absolute atomic E-state index is 0.0899. The third kappa shape index (κ3) is 3.84. The molecular weight excluding hydrogens is 366 g/mol. The van der Waals surface area contributed by atoms with Crippen LogP contribution < -0.4 is 9.47 Å². The quantitative estimate of drug-likeness (QED) is 0.557. The molecule has 0 bridgehead atoms. The number of aromatic nitrogens is 3. The first-order valence-corrected chi connectivity index (χ1v) is 10.0. The average Bonchev–Trinajstić information content (AvgIpc) is 3.50. The molecule has 0 unspecified atom stereocenters. The molecule has 0 amide bonds. The number of hydrogen-bond donors (Lipinski definition) is 1. The maximum Gasteiger partial charge on any atom is 0.166 e. The Bertz CT molecular complexity index is 1050. The molecule has 0 aliphatic heterocycles. The van der Waals surface area contributed by atoms with Gasteiger partial charge in [-0.3, -0.25) is 4.79 Å². The molecule has 4 rings (SSSR count). The van der Waals surface area contributed by atoms with Gasteiger partial charge in [-0.05, 0) is 42.4 Å². The van der Waals surface area contributed by atoms with E-state index < -0.39 is 0 Å². The third-order valence-corrected chi connectivity index (χ3v) is 5.84. The predicted molar refractivity (Wildman–Crippen MR) is 112 cm³/mol. The van der Waals surface area contributed by atoms with Crippen molar-refractivity contribution in [1.82, 2.24) is 15.0 Å². The zero-order valence-electron chi connectivity index (χ0n) is 17.4. The molecule has 1 aliphatic carbocycles. The number of aromatic amines is 1. The number of methoxy groups -OCH3 is 2. The van der Waals surface area contributed by atoms with Crippen LogP contribution >= 0.6 is 0 Å². The fraction of sp³-hybridized carbons (Fsp3) is 0.435. The molecule has 29 heavy (non-hydrogen) atoms. The van der Waals surface area contributed by atoms with Crippen LogP contribution in [0.3, 0.4) is 0 Å². The van der Waals surface area contributed by atoms with Crippen LogP contribution in [-0.4, -0.2) is 35.0 Å². The predicted octanol–water partition coefficient (Wildman–Crippen LogP) is 4.79. The molecule has 0 spiro atoms. The van der Waals surface area contributed by atoms with Crippen LogP contribution in [0.1, 0.15) is 67.1 Å². The van der Waals surface area contributed by atoms with E-state index >= 15 is 0 Å². The van der Waals surface area contributed by atoms with Gasteiger partial charge in [-0.25, -0.2) is 9.97 Å². The molecule has 2 aromatic heterocycles. The number of benzene rings is 1. The van der Waals surface area contributed by atoms with Crippen molar-refractivity contribution in [3.63, 3.8) is 0 Å². The van der Waals surface area contributed by atoms with Crippen LogP contribution in [0.5, 0.6) is 11.5 Å². The molecule has 6 heteroatoms. The summed E-state index contributed by atoms with van der Waals surface area (Å²) in [5, 5.41) is 0. The van der Waals surface area contributed by atoms with Gasteiger partial charge < -0.3 is 14.5 Å². The molecule has 1 fully saturated rings. The highest BCUT2D eigenvalue weighted by atomic mass is 16.5. The van der Waals surface area contributed by atoms with Crippen LogP contribution in [0.25, 0.3) is 11.2 Å². The van der Waals surface area contributed by atoms with Crippen molar-refractivity contribution in [2.24, 2.45) is 0 Å². The zero-order chi connectivity index (χ0) is 20.6. The minimum Gasteiger partial charge on any atom is -0.493 e. The van der Waals surface area contributed by atoms with E-state index in [0.717, 1.165) is 24.1 Å². The number of hydrogen-bond acceptors (Lipinski definition) is 5. The Morgan fingerprint density at radius 1 is 1.21 bits per heavy atom. The maximum absolute atomic E-state index is 13.0. The second-order valence-electron chi connectivity index (χ2n) is 8.35. The number of carbonyl (C=O) groups is 1. The summed E-state index contributed by atoms with van der Waals surface area (Å²) < 4.78 is 10.8. The number of ketones is 1. The lowest BCUT2D eigenvalue weighted by molar-refractivity contribution is 0.0973. The number of ether oxygens (including phenoxy) is 2. The molecule has 6 nitrogen and oxygen atoms in total. The highest BCUT2D eigenvalue weighted by Gasteiger charge is 2.27. The van der Waals surface area contributed by atoms with E-state index in [1.54, 1.807) is 20.4 Å². The van der Waals surface area contributed by atoms with Gasteiger partial charge in [0.1, 0.15) is 5.52 Å². The van der Waals surface area contributed by atoms with Gasteiger partial charge in [-0.15, -0.1) is 0 Å². The standard InChI is InChI=1S/C23H27N3O3/c1-23(2,15-7-8-19(28-3)20(11-15)29-4)10-9-18(27)16-12-24-22-21(16)26-17(13-25-22)14-5-6-14/h7-8,11-14H,5-6,9-10H2,1-4H3,(H,24,25). The Balaban J connectivity index is 1.51. The molecule has 2 heterocycles. The van der Waals surface area contributed by atoms with Gasteiger partial charge in [-0.2, -0.15) is 0 Å². The monoisotopic (exact) mass is 393 g/mol.